The maximum atomic E-state index is 13.6. The summed E-state index contributed by atoms with van der Waals surface area (Å²) in [6.45, 7) is 1.24. The van der Waals surface area contributed by atoms with Crippen molar-refractivity contribution in [2.24, 2.45) is 0 Å². The van der Waals surface area contributed by atoms with Crippen molar-refractivity contribution in [2.45, 2.75) is 18.6 Å². The lowest BCUT2D eigenvalue weighted by molar-refractivity contribution is 0.191. The topological polar surface area (TPSA) is 52.7 Å². The molecule has 0 aliphatic carbocycles. The SMILES string of the molecule is CN(C)CC1CC(O)CN1c1cc(F)c(Cl)cc1N. The lowest BCUT2D eigenvalue weighted by Gasteiger charge is -2.29. The lowest BCUT2D eigenvalue weighted by atomic mass is 10.1. The van der Waals surface area contributed by atoms with E-state index >= 15 is 0 Å². The maximum Gasteiger partial charge on any atom is 0.144 e. The van der Waals surface area contributed by atoms with Gasteiger partial charge in [0.05, 0.1) is 22.5 Å². The monoisotopic (exact) mass is 287 g/mol. The van der Waals surface area contributed by atoms with Crippen LogP contribution >= 0.6 is 11.6 Å². The van der Waals surface area contributed by atoms with Gasteiger partial charge in [0.2, 0.25) is 0 Å². The molecule has 1 heterocycles. The highest BCUT2D eigenvalue weighted by atomic mass is 35.5. The van der Waals surface area contributed by atoms with Crippen LogP contribution in [-0.2, 0) is 0 Å². The first kappa shape index (κ1) is 14.4. The normalized spacial score (nSPS) is 23.4. The standard InChI is InChI=1S/C13H19ClFN3O/c1-17(2)6-8-3-9(19)7-18(8)13-5-11(15)10(14)4-12(13)16/h4-5,8-9,19H,3,6-7,16H2,1-2H3. The van der Waals surface area contributed by atoms with E-state index in [4.69, 9.17) is 17.3 Å². The molecule has 1 aliphatic rings. The molecule has 1 saturated heterocycles. The summed E-state index contributed by atoms with van der Waals surface area (Å²) in [6.07, 6.45) is 0.241. The van der Waals surface area contributed by atoms with E-state index in [2.05, 4.69) is 0 Å². The Balaban J connectivity index is 2.31. The van der Waals surface area contributed by atoms with Gasteiger partial charge in [0.15, 0.2) is 0 Å². The Morgan fingerprint density at radius 3 is 2.84 bits per heavy atom. The van der Waals surface area contributed by atoms with Gasteiger partial charge in [-0.2, -0.15) is 0 Å². The number of nitrogens with two attached hydrogens (primary N) is 1. The molecule has 2 atom stereocenters. The Morgan fingerprint density at radius 2 is 2.21 bits per heavy atom. The molecule has 1 aromatic carbocycles. The molecular weight excluding hydrogens is 269 g/mol. The fourth-order valence-electron chi connectivity index (χ4n) is 2.58. The molecule has 2 rings (SSSR count). The molecule has 2 unspecified atom stereocenters. The van der Waals surface area contributed by atoms with Crippen LogP contribution in [0.25, 0.3) is 0 Å². The van der Waals surface area contributed by atoms with Crippen LogP contribution < -0.4 is 10.6 Å². The van der Waals surface area contributed by atoms with Crippen LogP contribution in [0.4, 0.5) is 15.8 Å². The van der Waals surface area contributed by atoms with Gasteiger partial charge in [0.25, 0.3) is 0 Å². The molecule has 0 bridgehead atoms. The predicted octanol–water partition coefficient (Wildman–Crippen LogP) is 1.56. The van der Waals surface area contributed by atoms with Gasteiger partial charge in [0, 0.05) is 25.2 Å². The third-order valence-electron chi connectivity index (χ3n) is 3.35. The molecule has 0 radical (unpaired) electrons. The number of aliphatic hydroxyl groups is 1. The number of β-amino-alcohol motifs (C(OH)–C–C–N with tert-alkyl or cyclic N) is 1. The number of benzene rings is 1. The van der Waals surface area contributed by atoms with Crippen molar-refractivity contribution in [1.82, 2.24) is 4.90 Å². The fourth-order valence-corrected chi connectivity index (χ4v) is 2.75. The second-order valence-electron chi connectivity index (χ2n) is 5.28. The lowest BCUT2D eigenvalue weighted by Crippen LogP contribution is -2.38. The smallest absolute Gasteiger partial charge is 0.144 e. The van der Waals surface area contributed by atoms with Crippen LogP contribution in [-0.4, -0.2) is 49.3 Å². The highest BCUT2D eigenvalue weighted by molar-refractivity contribution is 6.31. The van der Waals surface area contributed by atoms with Gasteiger partial charge < -0.3 is 20.6 Å². The molecule has 4 nitrogen and oxygen atoms in total. The molecule has 0 saturated carbocycles. The van der Waals surface area contributed by atoms with Crippen molar-refractivity contribution in [2.75, 3.05) is 37.8 Å². The van der Waals surface area contributed by atoms with E-state index in [0.717, 1.165) is 6.54 Å². The maximum absolute atomic E-state index is 13.6. The van der Waals surface area contributed by atoms with E-state index in [9.17, 15) is 9.50 Å². The Hall–Kier alpha value is -1.04. The summed E-state index contributed by atoms with van der Waals surface area (Å²) < 4.78 is 13.6. The van der Waals surface area contributed by atoms with E-state index in [-0.39, 0.29) is 11.1 Å². The highest BCUT2D eigenvalue weighted by Gasteiger charge is 2.32. The number of halogens is 2. The third kappa shape index (κ3) is 3.11. The quantitative estimate of drug-likeness (QED) is 0.829. The van der Waals surface area contributed by atoms with E-state index in [1.807, 2.05) is 23.9 Å². The summed E-state index contributed by atoms with van der Waals surface area (Å²) >= 11 is 5.71. The third-order valence-corrected chi connectivity index (χ3v) is 3.64. The van der Waals surface area contributed by atoms with Crippen molar-refractivity contribution in [1.29, 1.82) is 0 Å². The van der Waals surface area contributed by atoms with Crippen molar-refractivity contribution < 1.29 is 9.50 Å². The summed E-state index contributed by atoms with van der Waals surface area (Å²) in [7, 11) is 3.93. The van der Waals surface area contributed by atoms with E-state index < -0.39 is 11.9 Å². The zero-order valence-corrected chi connectivity index (χ0v) is 11.9. The van der Waals surface area contributed by atoms with Crippen molar-refractivity contribution in [3.8, 4) is 0 Å². The van der Waals surface area contributed by atoms with E-state index in [0.29, 0.717) is 24.3 Å². The summed E-state index contributed by atoms with van der Waals surface area (Å²) in [5, 5.41) is 9.86. The van der Waals surface area contributed by atoms with Crippen molar-refractivity contribution >= 4 is 23.0 Å². The average molecular weight is 288 g/mol. The minimum absolute atomic E-state index is 0.0187. The molecule has 0 amide bonds. The zero-order valence-electron chi connectivity index (χ0n) is 11.1. The van der Waals surface area contributed by atoms with Gasteiger partial charge in [-0.25, -0.2) is 4.39 Å². The molecule has 3 N–H and O–H groups in total. The highest BCUT2D eigenvalue weighted by Crippen LogP contribution is 2.34. The number of anilines is 2. The summed E-state index contributed by atoms with van der Waals surface area (Å²) in [4.78, 5) is 4.00. The molecule has 0 spiro atoms. The van der Waals surface area contributed by atoms with Gasteiger partial charge in [-0.15, -0.1) is 0 Å². The molecule has 1 aliphatic heterocycles. The average Bonchev–Trinajstić information content (AvgIpc) is 2.63. The van der Waals surface area contributed by atoms with E-state index in [1.165, 1.54) is 12.1 Å². The largest absolute Gasteiger partial charge is 0.397 e. The number of likely N-dealkylation sites (N-methyl/N-ethyl adjacent to an activating group) is 1. The number of hydrogen-bond donors (Lipinski definition) is 2. The second kappa shape index (κ2) is 5.53. The Bertz CT molecular complexity index is 469. The second-order valence-corrected chi connectivity index (χ2v) is 5.69. The number of rotatable bonds is 3. The van der Waals surface area contributed by atoms with Crippen LogP contribution in [0.5, 0.6) is 0 Å². The summed E-state index contributed by atoms with van der Waals surface area (Å²) in [6, 6.07) is 2.88. The molecular formula is C13H19ClFN3O. The number of hydrogen-bond acceptors (Lipinski definition) is 4. The van der Waals surface area contributed by atoms with Crippen molar-refractivity contribution in [3.63, 3.8) is 0 Å². The van der Waals surface area contributed by atoms with Crippen LogP contribution in [0, 0.1) is 5.82 Å². The van der Waals surface area contributed by atoms with Gasteiger partial charge >= 0.3 is 0 Å². The summed E-state index contributed by atoms with van der Waals surface area (Å²) in [5.74, 6) is -0.490. The van der Waals surface area contributed by atoms with E-state index in [1.54, 1.807) is 0 Å². The van der Waals surface area contributed by atoms with Crippen LogP contribution in [0.2, 0.25) is 5.02 Å². The predicted molar refractivity (Wildman–Crippen MR) is 76.1 cm³/mol. The Kier molecular flexibility index (Phi) is 4.18. The Labute approximate surface area is 117 Å². The van der Waals surface area contributed by atoms with Gasteiger partial charge in [0.1, 0.15) is 5.82 Å². The molecule has 1 fully saturated rings. The fraction of sp³-hybridized carbons (Fsp3) is 0.538. The van der Waals surface area contributed by atoms with Crippen LogP contribution in [0.3, 0.4) is 0 Å². The molecule has 19 heavy (non-hydrogen) atoms. The minimum Gasteiger partial charge on any atom is -0.397 e. The Morgan fingerprint density at radius 1 is 1.53 bits per heavy atom. The number of aliphatic hydroxyl groups excluding tert-OH is 1. The molecule has 0 aromatic heterocycles. The zero-order chi connectivity index (χ0) is 14.2. The number of nitrogens with zero attached hydrogens (tertiary/aromatic N) is 2. The molecule has 106 valence electrons. The molecule has 1 aromatic rings. The minimum atomic E-state index is -0.490. The summed E-state index contributed by atoms with van der Waals surface area (Å²) in [5.41, 5.74) is 6.96. The first-order chi connectivity index (χ1) is 8.88. The first-order valence-corrected chi connectivity index (χ1v) is 6.60. The number of nitrogen functional groups attached to an aromatic ring is 1. The first-order valence-electron chi connectivity index (χ1n) is 6.22. The molecule has 6 heteroatoms. The van der Waals surface area contributed by atoms with Gasteiger partial charge in [-0.3, -0.25) is 0 Å². The van der Waals surface area contributed by atoms with Gasteiger partial charge in [-0.1, -0.05) is 11.6 Å². The van der Waals surface area contributed by atoms with Crippen molar-refractivity contribution in [3.05, 3.63) is 23.0 Å². The van der Waals surface area contributed by atoms with Crippen LogP contribution in [0.15, 0.2) is 12.1 Å². The van der Waals surface area contributed by atoms with Gasteiger partial charge in [-0.05, 0) is 26.6 Å². The van der Waals surface area contributed by atoms with Crippen LogP contribution in [0.1, 0.15) is 6.42 Å².